The lowest BCUT2D eigenvalue weighted by atomic mass is 10.1. The number of nitrogens with two attached hydrogens (primary N) is 1. The number of piperidine rings is 1. The molecule has 2 heterocycles. The number of carbonyl (C=O) groups excluding carboxylic acids is 3. The molecule has 178 valence electrons. The van der Waals surface area contributed by atoms with Crippen LogP contribution >= 0.6 is 11.3 Å². The predicted molar refractivity (Wildman–Crippen MR) is 126 cm³/mol. The van der Waals surface area contributed by atoms with Crippen LogP contribution in [-0.2, 0) is 26.0 Å². The minimum absolute atomic E-state index is 0.0253. The van der Waals surface area contributed by atoms with Crippen LogP contribution in [0, 0.1) is 0 Å². The Labute approximate surface area is 197 Å². The van der Waals surface area contributed by atoms with Crippen molar-refractivity contribution in [3.8, 4) is 0 Å². The minimum atomic E-state index is -3.75. The molecule has 33 heavy (non-hydrogen) atoms. The molecule has 1 fully saturated rings. The number of anilines is 1. The van der Waals surface area contributed by atoms with Gasteiger partial charge in [-0.1, -0.05) is 36.8 Å². The maximum atomic E-state index is 12.9. The Morgan fingerprint density at radius 2 is 1.70 bits per heavy atom. The molecule has 0 atom stereocenters. The van der Waals surface area contributed by atoms with E-state index in [1.54, 1.807) is 0 Å². The number of carbonyl (C=O) groups is 3. The Morgan fingerprint density at radius 1 is 1.00 bits per heavy atom. The van der Waals surface area contributed by atoms with E-state index in [2.05, 4.69) is 10.6 Å². The Hall–Kier alpha value is -2.76. The summed E-state index contributed by atoms with van der Waals surface area (Å²) >= 11 is 0.813. The van der Waals surface area contributed by atoms with Gasteiger partial charge in [-0.15, -0.1) is 11.3 Å². The van der Waals surface area contributed by atoms with Crippen molar-refractivity contribution in [3.63, 3.8) is 0 Å². The van der Waals surface area contributed by atoms with Gasteiger partial charge in [0.1, 0.15) is 9.21 Å². The number of sulfonamides is 1. The van der Waals surface area contributed by atoms with E-state index in [0.29, 0.717) is 25.9 Å². The zero-order valence-corrected chi connectivity index (χ0v) is 19.8. The smallest absolute Gasteiger partial charge is 0.252 e. The number of nitrogens with zero attached hydrogens (tertiary/aromatic N) is 1. The SMILES string of the molecule is NC(=O)c1cc(S(=O)(=O)N2CCCCC2)sc1NC(=O)CCNC(=O)CCc1ccccc1. The number of nitrogens with one attached hydrogen (secondary N) is 2. The molecule has 1 aromatic carbocycles. The second-order valence-electron chi connectivity index (χ2n) is 7.77. The highest BCUT2D eigenvalue weighted by molar-refractivity contribution is 7.91. The van der Waals surface area contributed by atoms with Crippen LogP contribution in [-0.4, -0.2) is 50.1 Å². The second-order valence-corrected chi connectivity index (χ2v) is 11.0. The van der Waals surface area contributed by atoms with E-state index in [0.717, 1.165) is 36.2 Å². The lowest BCUT2D eigenvalue weighted by molar-refractivity contribution is -0.121. The van der Waals surface area contributed by atoms with E-state index >= 15 is 0 Å². The molecule has 3 rings (SSSR count). The average Bonchev–Trinajstić information content (AvgIpc) is 3.24. The fourth-order valence-corrected chi connectivity index (χ4v) is 6.56. The Bertz CT molecular complexity index is 1090. The number of benzene rings is 1. The second kappa shape index (κ2) is 11.4. The molecule has 1 aliphatic rings. The largest absolute Gasteiger partial charge is 0.366 e. The van der Waals surface area contributed by atoms with Gasteiger partial charge in [-0.25, -0.2) is 8.42 Å². The molecular weight excluding hydrogens is 464 g/mol. The number of primary amides is 1. The highest BCUT2D eigenvalue weighted by Gasteiger charge is 2.30. The summed E-state index contributed by atoms with van der Waals surface area (Å²) in [4.78, 5) is 36.2. The zero-order chi connectivity index (χ0) is 23.8. The fourth-order valence-electron chi connectivity index (χ4n) is 3.50. The van der Waals surface area contributed by atoms with Crippen LogP contribution in [0.5, 0.6) is 0 Å². The van der Waals surface area contributed by atoms with Crippen LogP contribution in [0.4, 0.5) is 5.00 Å². The first-order chi connectivity index (χ1) is 15.8. The third-order valence-corrected chi connectivity index (χ3v) is 8.69. The topological polar surface area (TPSA) is 139 Å². The molecule has 3 amide bonds. The van der Waals surface area contributed by atoms with Gasteiger partial charge in [0.25, 0.3) is 15.9 Å². The number of hydrogen-bond donors (Lipinski definition) is 3. The van der Waals surface area contributed by atoms with Crippen LogP contribution < -0.4 is 16.4 Å². The summed E-state index contributed by atoms with van der Waals surface area (Å²) in [5, 5.41) is 5.35. The van der Waals surface area contributed by atoms with Crippen LogP contribution in [0.15, 0.2) is 40.6 Å². The van der Waals surface area contributed by atoms with E-state index in [4.69, 9.17) is 5.73 Å². The van der Waals surface area contributed by atoms with Crippen molar-refractivity contribution >= 4 is 44.1 Å². The fraction of sp³-hybridized carbons (Fsp3) is 0.409. The normalized spacial score (nSPS) is 14.5. The average molecular weight is 493 g/mol. The Morgan fingerprint density at radius 3 is 2.36 bits per heavy atom. The van der Waals surface area contributed by atoms with Crippen molar-refractivity contribution in [2.75, 3.05) is 25.0 Å². The summed E-state index contributed by atoms with van der Waals surface area (Å²) in [6.45, 7) is 0.977. The summed E-state index contributed by atoms with van der Waals surface area (Å²) in [5.41, 5.74) is 6.41. The molecule has 1 aromatic heterocycles. The van der Waals surface area contributed by atoms with Crippen LogP contribution in [0.1, 0.15) is 48.0 Å². The quantitative estimate of drug-likeness (QED) is 0.466. The Kier molecular flexibility index (Phi) is 8.59. The number of aryl methyl sites for hydroxylation is 1. The van der Waals surface area contributed by atoms with Gasteiger partial charge in [-0.3, -0.25) is 14.4 Å². The van der Waals surface area contributed by atoms with E-state index < -0.39 is 21.8 Å². The molecule has 0 unspecified atom stereocenters. The molecule has 9 nitrogen and oxygen atoms in total. The van der Waals surface area contributed by atoms with Gasteiger partial charge in [0.05, 0.1) is 5.56 Å². The highest BCUT2D eigenvalue weighted by Crippen LogP contribution is 2.34. The van der Waals surface area contributed by atoms with Gasteiger partial charge in [-0.2, -0.15) is 4.31 Å². The molecule has 0 radical (unpaired) electrons. The first-order valence-electron chi connectivity index (χ1n) is 10.8. The maximum absolute atomic E-state index is 12.9. The van der Waals surface area contributed by atoms with Crippen LogP contribution in [0.3, 0.4) is 0 Å². The third-order valence-electron chi connectivity index (χ3n) is 5.29. The molecule has 0 bridgehead atoms. The first kappa shape index (κ1) is 24.9. The van der Waals surface area contributed by atoms with E-state index in [1.807, 2.05) is 30.3 Å². The number of rotatable bonds is 10. The Balaban J connectivity index is 1.54. The molecule has 1 saturated heterocycles. The molecule has 0 saturated carbocycles. The summed E-state index contributed by atoms with van der Waals surface area (Å²) in [7, 11) is -3.75. The molecule has 11 heteroatoms. The predicted octanol–water partition coefficient (Wildman–Crippen LogP) is 2.10. The lowest BCUT2D eigenvalue weighted by Gasteiger charge is -2.25. The molecule has 4 N–H and O–H groups in total. The minimum Gasteiger partial charge on any atom is -0.366 e. The number of amides is 3. The summed E-state index contributed by atoms with van der Waals surface area (Å²) < 4.78 is 27.2. The third kappa shape index (κ3) is 6.86. The molecule has 1 aliphatic heterocycles. The van der Waals surface area contributed by atoms with Gasteiger partial charge in [0, 0.05) is 32.5 Å². The molecule has 2 aromatic rings. The zero-order valence-electron chi connectivity index (χ0n) is 18.2. The summed E-state index contributed by atoms with van der Waals surface area (Å²) in [6.07, 6.45) is 3.43. The van der Waals surface area contributed by atoms with Gasteiger partial charge >= 0.3 is 0 Å². The van der Waals surface area contributed by atoms with E-state index in [9.17, 15) is 22.8 Å². The monoisotopic (exact) mass is 492 g/mol. The van der Waals surface area contributed by atoms with E-state index in [-0.39, 0.29) is 33.6 Å². The molecular formula is C22H28N4O5S2. The van der Waals surface area contributed by atoms with Gasteiger partial charge in [-0.05, 0) is 30.9 Å². The van der Waals surface area contributed by atoms with Gasteiger partial charge in [0.15, 0.2) is 0 Å². The summed E-state index contributed by atoms with van der Waals surface area (Å²) in [6, 6.07) is 10.8. The van der Waals surface area contributed by atoms with E-state index in [1.165, 1.54) is 10.4 Å². The van der Waals surface area contributed by atoms with Crippen LogP contribution in [0.2, 0.25) is 0 Å². The maximum Gasteiger partial charge on any atom is 0.252 e. The van der Waals surface area contributed by atoms with Crippen molar-refractivity contribution in [2.24, 2.45) is 5.73 Å². The van der Waals surface area contributed by atoms with Gasteiger partial charge < -0.3 is 16.4 Å². The van der Waals surface area contributed by atoms with Crippen molar-refractivity contribution < 1.29 is 22.8 Å². The number of hydrogen-bond acceptors (Lipinski definition) is 6. The highest BCUT2D eigenvalue weighted by atomic mass is 32.2. The lowest BCUT2D eigenvalue weighted by Crippen LogP contribution is -2.35. The molecule has 0 aliphatic carbocycles. The first-order valence-corrected chi connectivity index (χ1v) is 13.1. The van der Waals surface area contributed by atoms with Crippen molar-refractivity contribution in [3.05, 3.63) is 47.5 Å². The van der Waals surface area contributed by atoms with Crippen molar-refractivity contribution in [1.29, 1.82) is 0 Å². The van der Waals surface area contributed by atoms with Crippen molar-refractivity contribution in [2.45, 2.75) is 42.7 Å². The van der Waals surface area contributed by atoms with Gasteiger partial charge in [0.2, 0.25) is 11.8 Å². The standard InChI is InChI=1S/C22H28N4O5S2/c23-21(29)17-15-20(33(30,31)26-13-5-2-6-14-26)32-22(17)25-19(28)11-12-24-18(27)10-9-16-7-3-1-4-8-16/h1,3-4,7-8,15H,2,5-6,9-14H2,(H2,23,29)(H,24,27)(H,25,28). The summed E-state index contributed by atoms with van der Waals surface area (Å²) in [5.74, 6) is -1.45. The van der Waals surface area contributed by atoms with Crippen LogP contribution in [0.25, 0.3) is 0 Å². The molecule has 0 spiro atoms. The van der Waals surface area contributed by atoms with Crippen molar-refractivity contribution in [1.82, 2.24) is 9.62 Å². The number of thiophene rings is 1.